The first-order valence-corrected chi connectivity index (χ1v) is 15.1. The van der Waals surface area contributed by atoms with Gasteiger partial charge >= 0.3 is 0 Å². The Morgan fingerprint density at radius 3 is 2.38 bits per heavy atom. The molecule has 0 aliphatic rings. The lowest BCUT2D eigenvalue weighted by Crippen LogP contribution is -2.27. The molecule has 10 heteroatoms. The number of hydrogen-bond acceptors (Lipinski definition) is 5. The second kappa shape index (κ2) is 13.9. The molecule has 0 saturated heterocycles. The highest BCUT2D eigenvalue weighted by atomic mass is 35.5. The van der Waals surface area contributed by atoms with E-state index in [9.17, 15) is 9.59 Å². The zero-order valence-corrected chi connectivity index (χ0v) is 25.1. The molecule has 0 aliphatic heterocycles. The number of nitrogens with zero attached hydrogens (tertiary/aromatic N) is 5. The van der Waals surface area contributed by atoms with Gasteiger partial charge in [-0.25, -0.2) is 4.68 Å². The van der Waals surface area contributed by atoms with Gasteiger partial charge in [0.15, 0.2) is 11.0 Å². The maximum atomic E-state index is 13.3. The molecule has 4 aromatic rings. The molecule has 0 radical (unpaired) electrons. The maximum Gasteiger partial charge on any atom is 0.295 e. The summed E-state index contributed by atoms with van der Waals surface area (Å²) < 4.78 is 5.40. The third-order valence-corrected chi connectivity index (χ3v) is 8.34. The summed E-state index contributed by atoms with van der Waals surface area (Å²) in [6, 6.07) is 16.9. The molecule has 0 fully saturated rings. The number of amides is 1. The van der Waals surface area contributed by atoms with Crippen molar-refractivity contribution < 1.29 is 4.79 Å². The van der Waals surface area contributed by atoms with Crippen LogP contribution in [-0.2, 0) is 18.4 Å². The minimum Gasteiger partial charge on any atom is -0.319 e. The molecular weight excluding hydrogens is 544 g/mol. The summed E-state index contributed by atoms with van der Waals surface area (Å²) in [5.41, 5.74) is 2.34. The second-order valence-electron chi connectivity index (χ2n) is 9.92. The van der Waals surface area contributed by atoms with E-state index in [2.05, 4.69) is 27.0 Å². The van der Waals surface area contributed by atoms with E-state index in [4.69, 9.17) is 11.6 Å². The zero-order valence-electron chi connectivity index (χ0n) is 23.6. The summed E-state index contributed by atoms with van der Waals surface area (Å²) in [6.45, 7) is 6.62. The average molecular weight is 581 g/mol. The van der Waals surface area contributed by atoms with Gasteiger partial charge in [0.25, 0.3) is 5.56 Å². The molecule has 212 valence electrons. The topological polar surface area (TPSA) is 86.7 Å². The van der Waals surface area contributed by atoms with Crippen LogP contribution < -0.4 is 10.9 Å². The summed E-state index contributed by atoms with van der Waals surface area (Å²) >= 11 is 7.45. The lowest BCUT2D eigenvalue weighted by molar-refractivity contribution is -0.115. The number of rotatable bonds is 13. The van der Waals surface area contributed by atoms with Crippen LogP contribution in [0.15, 0.2) is 64.5 Å². The molecule has 2 aromatic carbocycles. The van der Waals surface area contributed by atoms with Crippen LogP contribution >= 0.6 is 23.4 Å². The van der Waals surface area contributed by atoms with E-state index < -0.39 is 5.25 Å². The first-order valence-electron chi connectivity index (χ1n) is 13.8. The van der Waals surface area contributed by atoms with Crippen LogP contribution in [0.25, 0.3) is 17.1 Å². The molecule has 1 atom stereocenters. The Morgan fingerprint density at radius 1 is 1.00 bits per heavy atom. The quantitative estimate of drug-likeness (QED) is 0.138. The Morgan fingerprint density at radius 2 is 1.68 bits per heavy atom. The third kappa shape index (κ3) is 6.88. The van der Waals surface area contributed by atoms with Gasteiger partial charge in [-0.05, 0) is 56.7 Å². The van der Waals surface area contributed by atoms with Crippen LogP contribution in [0, 0.1) is 6.92 Å². The van der Waals surface area contributed by atoms with Gasteiger partial charge in [-0.1, -0.05) is 80.6 Å². The minimum atomic E-state index is -0.505. The first-order chi connectivity index (χ1) is 19.3. The SMILES string of the molecule is CCCCCCCCn1c(S[C@@H](C)C(=O)Nc2c(C)n(C)n(-c3ccccc3)c2=O)nnc1-c1ccc(Cl)cc1. The van der Waals surface area contributed by atoms with E-state index in [0.717, 1.165) is 36.5 Å². The van der Waals surface area contributed by atoms with Crippen molar-refractivity contribution in [2.75, 3.05) is 5.32 Å². The van der Waals surface area contributed by atoms with E-state index in [1.54, 1.807) is 16.4 Å². The Labute approximate surface area is 244 Å². The molecular formula is C30H37ClN6O2S. The first kappa shape index (κ1) is 29.7. The summed E-state index contributed by atoms with van der Waals surface area (Å²) in [5.74, 6) is 0.489. The van der Waals surface area contributed by atoms with Crippen molar-refractivity contribution in [3.8, 4) is 17.1 Å². The number of carbonyl (C=O) groups is 1. The molecule has 2 aromatic heterocycles. The number of hydrogen-bond donors (Lipinski definition) is 1. The van der Waals surface area contributed by atoms with Crippen molar-refractivity contribution in [1.29, 1.82) is 0 Å². The normalized spacial score (nSPS) is 12.0. The van der Waals surface area contributed by atoms with Gasteiger partial charge < -0.3 is 9.88 Å². The molecule has 1 N–H and O–H groups in total. The second-order valence-corrected chi connectivity index (χ2v) is 11.7. The van der Waals surface area contributed by atoms with Crippen LogP contribution in [0.4, 0.5) is 5.69 Å². The highest BCUT2D eigenvalue weighted by molar-refractivity contribution is 8.00. The largest absolute Gasteiger partial charge is 0.319 e. The van der Waals surface area contributed by atoms with Gasteiger partial charge in [-0.3, -0.25) is 14.3 Å². The van der Waals surface area contributed by atoms with Crippen molar-refractivity contribution >= 4 is 35.0 Å². The molecule has 0 aliphatic carbocycles. The average Bonchev–Trinajstić information content (AvgIpc) is 3.44. The van der Waals surface area contributed by atoms with Gasteiger partial charge in [0.05, 0.1) is 16.6 Å². The lowest BCUT2D eigenvalue weighted by Gasteiger charge is -2.14. The number of halogens is 1. The molecule has 0 unspecified atom stereocenters. The minimum absolute atomic E-state index is 0.266. The number of aromatic nitrogens is 5. The van der Waals surface area contributed by atoms with Crippen LogP contribution in [-0.4, -0.2) is 35.3 Å². The molecule has 1 amide bonds. The number of anilines is 1. The fraction of sp³-hybridized carbons (Fsp3) is 0.400. The fourth-order valence-electron chi connectivity index (χ4n) is 4.59. The van der Waals surface area contributed by atoms with Crippen molar-refractivity contribution in [1.82, 2.24) is 24.1 Å². The Balaban J connectivity index is 1.52. The Bertz CT molecular complexity index is 1480. The van der Waals surface area contributed by atoms with Crippen molar-refractivity contribution in [2.45, 2.75) is 76.2 Å². The van der Waals surface area contributed by atoms with Crippen molar-refractivity contribution in [3.63, 3.8) is 0 Å². The number of nitrogens with one attached hydrogen (secondary N) is 1. The van der Waals surface area contributed by atoms with Crippen LogP contribution in [0.5, 0.6) is 0 Å². The highest BCUT2D eigenvalue weighted by Crippen LogP contribution is 2.29. The summed E-state index contributed by atoms with van der Waals surface area (Å²) in [6.07, 6.45) is 7.04. The standard InChI is InChI=1S/C30H37ClN6O2S/c1-5-6-7-8-9-13-20-36-27(23-16-18-24(31)19-17-23)33-34-30(36)40-22(3)28(38)32-26-21(2)35(4)37(29(26)39)25-14-11-10-12-15-25/h10-12,14-19,22H,5-9,13,20H2,1-4H3,(H,32,38)/t22-/m0/s1. The molecule has 4 rings (SSSR count). The monoisotopic (exact) mass is 580 g/mol. The summed E-state index contributed by atoms with van der Waals surface area (Å²) in [5, 5.41) is 12.6. The van der Waals surface area contributed by atoms with Crippen molar-refractivity contribution in [2.24, 2.45) is 7.05 Å². The summed E-state index contributed by atoms with van der Waals surface area (Å²) in [7, 11) is 1.81. The van der Waals surface area contributed by atoms with Crippen LogP contribution in [0.3, 0.4) is 0 Å². The predicted molar refractivity (Wildman–Crippen MR) is 164 cm³/mol. The zero-order chi connectivity index (χ0) is 28.6. The molecule has 0 spiro atoms. The van der Waals surface area contributed by atoms with Crippen LogP contribution in [0.2, 0.25) is 5.02 Å². The fourth-order valence-corrected chi connectivity index (χ4v) is 5.59. The number of para-hydroxylation sites is 1. The number of carbonyl (C=O) groups excluding carboxylic acids is 1. The molecule has 0 saturated carbocycles. The van der Waals surface area contributed by atoms with E-state index in [0.29, 0.717) is 15.9 Å². The smallest absolute Gasteiger partial charge is 0.295 e. The van der Waals surface area contributed by atoms with E-state index >= 15 is 0 Å². The van der Waals surface area contributed by atoms with Gasteiger partial charge in [-0.15, -0.1) is 10.2 Å². The highest BCUT2D eigenvalue weighted by Gasteiger charge is 2.24. The van der Waals surface area contributed by atoms with Gasteiger partial charge in [0.1, 0.15) is 5.69 Å². The van der Waals surface area contributed by atoms with Crippen molar-refractivity contribution in [3.05, 3.63) is 75.7 Å². The summed E-state index contributed by atoms with van der Waals surface area (Å²) in [4.78, 5) is 26.6. The molecule has 2 heterocycles. The van der Waals surface area contributed by atoms with Crippen LogP contribution in [0.1, 0.15) is 58.1 Å². The number of thioether (sulfide) groups is 1. The number of unbranched alkanes of at least 4 members (excludes halogenated alkanes) is 5. The van der Waals surface area contributed by atoms with E-state index in [1.807, 2.05) is 68.4 Å². The van der Waals surface area contributed by atoms with Gasteiger partial charge in [-0.2, -0.15) is 0 Å². The van der Waals surface area contributed by atoms with E-state index in [-0.39, 0.29) is 17.2 Å². The Kier molecular flexibility index (Phi) is 10.3. The molecule has 40 heavy (non-hydrogen) atoms. The Hall–Kier alpha value is -3.30. The lowest BCUT2D eigenvalue weighted by atomic mass is 10.1. The molecule has 0 bridgehead atoms. The maximum absolute atomic E-state index is 13.3. The predicted octanol–water partition coefficient (Wildman–Crippen LogP) is 6.88. The number of benzene rings is 2. The third-order valence-electron chi connectivity index (χ3n) is 7.01. The molecule has 8 nitrogen and oxygen atoms in total. The van der Waals surface area contributed by atoms with Gasteiger partial charge in [0.2, 0.25) is 5.91 Å². The van der Waals surface area contributed by atoms with Gasteiger partial charge in [0, 0.05) is 24.2 Å². The van der Waals surface area contributed by atoms with E-state index in [1.165, 1.54) is 37.4 Å².